The van der Waals surface area contributed by atoms with Gasteiger partial charge in [-0.1, -0.05) is 17.7 Å². The highest BCUT2D eigenvalue weighted by Crippen LogP contribution is 2.49. The largest absolute Gasteiger partial charge is 0.465 e. The van der Waals surface area contributed by atoms with Crippen LogP contribution >= 0.6 is 11.6 Å². The number of halogens is 1. The van der Waals surface area contributed by atoms with Gasteiger partial charge in [0.2, 0.25) is 0 Å². The fourth-order valence-corrected chi connectivity index (χ4v) is 2.86. The Labute approximate surface area is 116 Å². The number of imidazole rings is 1. The standard InChI is InChI=1S/C14H15ClN2O2/c1-3-19-13(18)14(7-8-14)12-16-10-6-4-5-9(15)11(10)17(12)2/h4-6H,3,7-8H2,1-2H3. The maximum Gasteiger partial charge on any atom is 0.319 e. The summed E-state index contributed by atoms with van der Waals surface area (Å²) in [6.07, 6.45) is 1.58. The summed E-state index contributed by atoms with van der Waals surface area (Å²) >= 11 is 6.21. The van der Waals surface area contributed by atoms with Crippen molar-refractivity contribution in [2.45, 2.75) is 25.2 Å². The van der Waals surface area contributed by atoms with Gasteiger partial charge in [-0.15, -0.1) is 0 Å². The molecule has 1 aromatic heterocycles. The van der Waals surface area contributed by atoms with Crippen LogP contribution in [0.1, 0.15) is 25.6 Å². The van der Waals surface area contributed by atoms with Gasteiger partial charge in [-0.2, -0.15) is 0 Å². The zero-order valence-corrected chi connectivity index (χ0v) is 11.7. The van der Waals surface area contributed by atoms with Gasteiger partial charge in [-0.05, 0) is 31.9 Å². The van der Waals surface area contributed by atoms with Crippen LogP contribution in [0.25, 0.3) is 11.0 Å². The molecule has 0 radical (unpaired) electrons. The van der Waals surface area contributed by atoms with E-state index >= 15 is 0 Å². The number of hydrogen-bond donors (Lipinski definition) is 0. The van der Waals surface area contributed by atoms with Gasteiger partial charge in [0.15, 0.2) is 0 Å². The summed E-state index contributed by atoms with van der Waals surface area (Å²) in [7, 11) is 1.90. The third-order valence-electron chi connectivity index (χ3n) is 3.69. The molecule has 1 aliphatic carbocycles. The molecule has 19 heavy (non-hydrogen) atoms. The lowest BCUT2D eigenvalue weighted by Gasteiger charge is -2.13. The normalized spacial score (nSPS) is 16.6. The van der Waals surface area contributed by atoms with Crippen LogP contribution in [-0.2, 0) is 22.0 Å². The minimum Gasteiger partial charge on any atom is -0.465 e. The van der Waals surface area contributed by atoms with Gasteiger partial charge in [0.05, 0.1) is 22.7 Å². The molecule has 2 aromatic rings. The van der Waals surface area contributed by atoms with Crippen LogP contribution in [0, 0.1) is 0 Å². The monoisotopic (exact) mass is 278 g/mol. The molecular weight excluding hydrogens is 264 g/mol. The molecule has 1 saturated carbocycles. The van der Waals surface area contributed by atoms with Crippen LogP contribution in [0.5, 0.6) is 0 Å². The van der Waals surface area contributed by atoms with Crippen molar-refractivity contribution in [1.82, 2.24) is 9.55 Å². The van der Waals surface area contributed by atoms with E-state index in [1.807, 2.05) is 36.7 Å². The molecule has 1 fully saturated rings. The number of benzene rings is 1. The molecule has 0 bridgehead atoms. The first-order valence-corrected chi connectivity index (χ1v) is 6.76. The Kier molecular flexibility index (Phi) is 2.78. The van der Waals surface area contributed by atoms with Gasteiger partial charge in [0.25, 0.3) is 0 Å². The number of hydrogen-bond acceptors (Lipinski definition) is 3. The molecule has 0 spiro atoms. The van der Waals surface area contributed by atoms with Crippen molar-refractivity contribution in [2.75, 3.05) is 6.61 Å². The molecule has 0 aliphatic heterocycles. The maximum absolute atomic E-state index is 12.1. The van der Waals surface area contributed by atoms with Gasteiger partial charge >= 0.3 is 5.97 Å². The number of aryl methyl sites for hydroxylation is 1. The van der Waals surface area contributed by atoms with E-state index in [1.54, 1.807) is 0 Å². The Bertz CT molecular complexity index is 659. The summed E-state index contributed by atoms with van der Waals surface area (Å²) in [5.41, 5.74) is 1.13. The molecule has 0 atom stereocenters. The van der Waals surface area contributed by atoms with Gasteiger partial charge in [0, 0.05) is 7.05 Å². The number of carbonyl (C=O) groups excluding carboxylic acids is 1. The number of para-hydroxylation sites is 1. The third-order valence-corrected chi connectivity index (χ3v) is 3.99. The van der Waals surface area contributed by atoms with Crippen molar-refractivity contribution in [3.05, 3.63) is 29.0 Å². The highest BCUT2D eigenvalue weighted by atomic mass is 35.5. The molecule has 1 aliphatic rings. The Hall–Kier alpha value is -1.55. The number of esters is 1. The number of rotatable bonds is 3. The molecule has 0 unspecified atom stereocenters. The first-order chi connectivity index (χ1) is 9.10. The molecule has 3 rings (SSSR count). The van der Waals surface area contributed by atoms with Crippen molar-refractivity contribution in [1.29, 1.82) is 0 Å². The van der Waals surface area contributed by atoms with Crippen molar-refractivity contribution < 1.29 is 9.53 Å². The topological polar surface area (TPSA) is 44.1 Å². The molecular formula is C14H15ClN2O2. The summed E-state index contributed by atoms with van der Waals surface area (Å²) < 4.78 is 7.10. The van der Waals surface area contributed by atoms with Crippen LogP contribution in [0.2, 0.25) is 5.02 Å². The molecule has 1 heterocycles. The second-order valence-corrected chi connectivity index (χ2v) is 5.31. The van der Waals surface area contributed by atoms with Crippen LogP contribution in [-0.4, -0.2) is 22.1 Å². The van der Waals surface area contributed by atoms with E-state index in [2.05, 4.69) is 4.98 Å². The first-order valence-electron chi connectivity index (χ1n) is 6.39. The quantitative estimate of drug-likeness (QED) is 0.811. The average molecular weight is 279 g/mol. The molecule has 5 heteroatoms. The average Bonchev–Trinajstić information content (AvgIpc) is 3.11. The van der Waals surface area contributed by atoms with E-state index in [4.69, 9.17) is 16.3 Å². The molecule has 0 saturated heterocycles. The lowest BCUT2D eigenvalue weighted by Crippen LogP contribution is -2.26. The smallest absolute Gasteiger partial charge is 0.319 e. The van der Waals surface area contributed by atoms with Gasteiger partial charge in [-0.25, -0.2) is 4.98 Å². The third kappa shape index (κ3) is 1.74. The summed E-state index contributed by atoms with van der Waals surface area (Å²) in [4.78, 5) is 16.7. The predicted molar refractivity (Wildman–Crippen MR) is 73.3 cm³/mol. The predicted octanol–water partition coefficient (Wildman–Crippen LogP) is 2.82. The molecule has 100 valence electrons. The summed E-state index contributed by atoms with van der Waals surface area (Å²) in [6, 6.07) is 5.61. The number of nitrogens with zero attached hydrogens (tertiary/aromatic N) is 2. The van der Waals surface area contributed by atoms with Crippen molar-refractivity contribution in [3.8, 4) is 0 Å². The van der Waals surface area contributed by atoms with Crippen molar-refractivity contribution in [2.24, 2.45) is 7.05 Å². The maximum atomic E-state index is 12.1. The Morgan fingerprint density at radius 2 is 2.26 bits per heavy atom. The van der Waals surface area contributed by atoms with E-state index in [-0.39, 0.29) is 5.97 Å². The minimum atomic E-state index is -0.562. The Balaban J connectivity index is 2.14. The van der Waals surface area contributed by atoms with Crippen LogP contribution in [0.4, 0.5) is 0 Å². The van der Waals surface area contributed by atoms with E-state index in [9.17, 15) is 4.79 Å². The molecule has 0 amide bonds. The SMILES string of the molecule is CCOC(=O)C1(c2nc3cccc(Cl)c3n2C)CC1. The Morgan fingerprint density at radius 1 is 1.53 bits per heavy atom. The highest BCUT2D eigenvalue weighted by Gasteiger charge is 2.56. The number of fused-ring (bicyclic) bond motifs is 1. The van der Waals surface area contributed by atoms with Crippen molar-refractivity contribution >= 4 is 28.6 Å². The molecule has 0 N–H and O–H groups in total. The zero-order valence-electron chi connectivity index (χ0n) is 10.9. The fourth-order valence-electron chi connectivity index (χ4n) is 2.56. The summed E-state index contributed by atoms with van der Waals surface area (Å²) in [5, 5.41) is 0.651. The number of ether oxygens (including phenoxy) is 1. The van der Waals surface area contributed by atoms with Crippen molar-refractivity contribution in [3.63, 3.8) is 0 Å². The second-order valence-electron chi connectivity index (χ2n) is 4.90. The molecule has 4 nitrogen and oxygen atoms in total. The van der Waals surface area contributed by atoms with E-state index in [0.29, 0.717) is 11.6 Å². The van der Waals surface area contributed by atoms with Crippen LogP contribution in [0.3, 0.4) is 0 Å². The van der Waals surface area contributed by atoms with Gasteiger partial charge < -0.3 is 9.30 Å². The molecule has 1 aromatic carbocycles. The lowest BCUT2D eigenvalue weighted by atomic mass is 10.1. The van der Waals surface area contributed by atoms with E-state index in [0.717, 1.165) is 29.7 Å². The highest BCUT2D eigenvalue weighted by molar-refractivity contribution is 6.35. The summed E-state index contributed by atoms with van der Waals surface area (Å²) in [5.74, 6) is 0.582. The first kappa shape index (κ1) is 12.5. The number of aromatic nitrogens is 2. The van der Waals surface area contributed by atoms with Gasteiger partial charge in [-0.3, -0.25) is 4.79 Å². The summed E-state index contributed by atoms with van der Waals surface area (Å²) in [6.45, 7) is 2.21. The fraction of sp³-hybridized carbons (Fsp3) is 0.429. The number of carbonyl (C=O) groups is 1. The van der Waals surface area contributed by atoms with Gasteiger partial charge in [0.1, 0.15) is 11.2 Å². The second kappa shape index (κ2) is 4.23. The van der Waals surface area contributed by atoms with E-state index < -0.39 is 5.41 Å². The van der Waals surface area contributed by atoms with Crippen LogP contribution in [0.15, 0.2) is 18.2 Å². The minimum absolute atomic E-state index is 0.176. The Morgan fingerprint density at radius 3 is 2.84 bits per heavy atom. The lowest BCUT2D eigenvalue weighted by molar-refractivity contribution is -0.146. The van der Waals surface area contributed by atoms with Crippen LogP contribution < -0.4 is 0 Å². The van der Waals surface area contributed by atoms with E-state index in [1.165, 1.54) is 0 Å². The zero-order chi connectivity index (χ0) is 13.6.